The van der Waals surface area contributed by atoms with Gasteiger partial charge in [0.25, 0.3) is 5.69 Å². The molecule has 2 fully saturated rings. The van der Waals surface area contributed by atoms with E-state index in [1.807, 2.05) is 0 Å². The molecule has 2 saturated heterocycles. The predicted molar refractivity (Wildman–Crippen MR) is 81.9 cm³/mol. The van der Waals surface area contributed by atoms with E-state index in [0.29, 0.717) is 17.7 Å². The number of pyridine rings is 1. The minimum Gasteiger partial charge on any atom is -0.373 e. The topological polar surface area (TPSA) is 74.5 Å². The van der Waals surface area contributed by atoms with Gasteiger partial charge in [0.1, 0.15) is 11.6 Å². The quantitative estimate of drug-likeness (QED) is 0.675. The molecule has 0 radical (unpaired) electrons. The molecule has 7 heteroatoms. The number of nitrogens with one attached hydrogen (secondary N) is 1. The minimum absolute atomic E-state index is 0.0943. The summed E-state index contributed by atoms with van der Waals surface area (Å²) in [6.07, 6.45) is 3.54. The summed E-state index contributed by atoms with van der Waals surface area (Å²) in [5.41, 5.74) is 0.0943. The number of hydrogen-bond acceptors (Lipinski definition) is 6. The molecule has 1 atom stereocenters. The van der Waals surface area contributed by atoms with E-state index < -0.39 is 0 Å². The molecule has 2 aliphatic heterocycles. The van der Waals surface area contributed by atoms with Gasteiger partial charge in [-0.3, -0.25) is 15.0 Å². The molecule has 0 aromatic carbocycles. The molecule has 0 saturated carbocycles. The average Bonchev–Trinajstić information content (AvgIpc) is 2.83. The first-order valence-electron chi connectivity index (χ1n) is 7.50. The lowest BCUT2D eigenvalue weighted by atomic mass is 10.2. The molecule has 0 bridgehead atoms. The number of hydrogen-bond donors (Lipinski definition) is 1. The second kappa shape index (κ2) is 5.85. The van der Waals surface area contributed by atoms with Gasteiger partial charge in [-0.1, -0.05) is 0 Å². The first-order valence-corrected chi connectivity index (χ1v) is 7.50. The molecule has 1 N–H and O–H groups in total. The summed E-state index contributed by atoms with van der Waals surface area (Å²) in [6, 6.07) is 3.63. The largest absolute Gasteiger partial charge is 0.373 e. The lowest BCUT2D eigenvalue weighted by molar-refractivity contribution is -0.384. The maximum atomic E-state index is 11.1. The van der Waals surface area contributed by atoms with Crippen molar-refractivity contribution < 1.29 is 4.92 Å². The van der Waals surface area contributed by atoms with Crippen molar-refractivity contribution in [3.63, 3.8) is 0 Å². The first-order chi connectivity index (χ1) is 10.2. The summed E-state index contributed by atoms with van der Waals surface area (Å²) in [7, 11) is 1.73. The fraction of sp³-hybridized carbons (Fsp3) is 0.643. The van der Waals surface area contributed by atoms with Gasteiger partial charge in [0.2, 0.25) is 0 Å². The summed E-state index contributed by atoms with van der Waals surface area (Å²) in [5.74, 6) is 1.26. The van der Waals surface area contributed by atoms with Crippen molar-refractivity contribution >= 4 is 17.3 Å². The van der Waals surface area contributed by atoms with Gasteiger partial charge in [-0.15, -0.1) is 0 Å². The van der Waals surface area contributed by atoms with Crippen LogP contribution in [0.15, 0.2) is 12.1 Å². The molecular formula is C14H21N5O2. The Hall–Kier alpha value is -1.89. The highest BCUT2D eigenvalue weighted by atomic mass is 16.6. The van der Waals surface area contributed by atoms with E-state index in [4.69, 9.17) is 0 Å². The van der Waals surface area contributed by atoms with Gasteiger partial charge in [0, 0.05) is 32.7 Å². The van der Waals surface area contributed by atoms with E-state index in [1.54, 1.807) is 13.1 Å². The SMILES string of the molecule is CNc1cc([N+](=O)[O-])cc(N2CCCN3CCCC3C2)n1. The van der Waals surface area contributed by atoms with Gasteiger partial charge in [-0.2, -0.15) is 0 Å². The van der Waals surface area contributed by atoms with Gasteiger partial charge in [0.15, 0.2) is 0 Å². The Labute approximate surface area is 124 Å². The average molecular weight is 291 g/mol. The molecule has 0 amide bonds. The van der Waals surface area contributed by atoms with Crippen molar-refractivity contribution in [2.75, 3.05) is 43.4 Å². The lowest BCUT2D eigenvalue weighted by Gasteiger charge is -2.26. The molecule has 1 aromatic rings. The fourth-order valence-corrected chi connectivity index (χ4v) is 3.31. The van der Waals surface area contributed by atoms with E-state index >= 15 is 0 Å². The van der Waals surface area contributed by atoms with Crippen molar-refractivity contribution in [3.05, 3.63) is 22.2 Å². The molecular weight excluding hydrogens is 270 g/mol. The van der Waals surface area contributed by atoms with Gasteiger partial charge in [-0.25, -0.2) is 4.98 Å². The van der Waals surface area contributed by atoms with Crippen LogP contribution in [0.4, 0.5) is 17.3 Å². The second-order valence-corrected chi connectivity index (χ2v) is 5.71. The molecule has 7 nitrogen and oxygen atoms in total. The van der Waals surface area contributed by atoms with Gasteiger partial charge in [-0.05, 0) is 25.8 Å². The number of fused-ring (bicyclic) bond motifs is 1. The molecule has 3 rings (SSSR count). The van der Waals surface area contributed by atoms with Crippen LogP contribution < -0.4 is 10.2 Å². The van der Waals surface area contributed by atoms with Crippen molar-refractivity contribution in [3.8, 4) is 0 Å². The third kappa shape index (κ3) is 2.92. The van der Waals surface area contributed by atoms with Crippen LogP contribution in [0.1, 0.15) is 19.3 Å². The Balaban J connectivity index is 1.87. The van der Waals surface area contributed by atoms with Gasteiger partial charge < -0.3 is 10.2 Å². The van der Waals surface area contributed by atoms with Crippen molar-refractivity contribution in [1.82, 2.24) is 9.88 Å². The van der Waals surface area contributed by atoms with Crippen LogP contribution in [0.5, 0.6) is 0 Å². The minimum atomic E-state index is -0.355. The second-order valence-electron chi connectivity index (χ2n) is 5.71. The third-order valence-corrected chi connectivity index (χ3v) is 4.39. The normalized spacial score (nSPS) is 22.7. The fourth-order valence-electron chi connectivity index (χ4n) is 3.31. The van der Waals surface area contributed by atoms with Gasteiger partial charge in [0.05, 0.1) is 17.1 Å². The maximum Gasteiger partial charge on any atom is 0.276 e. The van der Waals surface area contributed by atoms with Crippen LogP contribution in [0.3, 0.4) is 0 Å². The van der Waals surface area contributed by atoms with E-state index in [1.165, 1.54) is 25.5 Å². The summed E-state index contributed by atoms with van der Waals surface area (Å²) < 4.78 is 0. The number of anilines is 2. The highest BCUT2D eigenvalue weighted by molar-refractivity contribution is 5.56. The summed E-state index contributed by atoms with van der Waals surface area (Å²) >= 11 is 0. The van der Waals surface area contributed by atoms with Crippen LogP contribution in [-0.2, 0) is 0 Å². The van der Waals surface area contributed by atoms with E-state index in [-0.39, 0.29) is 10.6 Å². The number of aromatic nitrogens is 1. The molecule has 2 aliphatic rings. The highest BCUT2D eigenvalue weighted by Crippen LogP contribution is 2.27. The molecule has 1 aromatic heterocycles. The monoisotopic (exact) mass is 291 g/mol. The zero-order valence-electron chi connectivity index (χ0n) is 12.3. The Morgan fingerprint density at radius 2 is 2.14 bits per heavy atom. The van der Waals surface area contributed by atoms with Crippen molar-refractivity contribution in [2.24, 2.45) is 0 Å². The Bertz CT molecular complexity index is 536. The highest BCUT2D eigenvalue weighted by Gasteiger charge is 2.29. The van der Waals surface area contributed by atoms with Crippen molar-refractivity contribution in [1.29, 1.82) is 0 Å². The predicted octanol–water partition coefficient (Wildman–Crippen LogP) is 1.71. The van der Waals surface area contributed by atoms with Crippen LogP contribution in [-0.4, -0.2) is 54.1 Å². The van der Waals surface area contributed by atoms with Gasteiger partial charge >= 0.3 is 0 Å². The number of nitrogens with zero attached hydrogens (tertiary/aromatic N) is 4. The number of nitro groups is 1. The smallest absolute Gasteiger partial charge is 0.276 e. The summed E-state index contributed by atoms with van der Waals surface area (Å²) in [6.45, 7) is 4.12. The molecule has 1 unspecified atom stereocenters. The summed E-state index contributed by atoms with van der Waals surface area (Å²) in [4.78, 5) is 20.0. The maximum absolute atomic E-state index is 11.1. The lowest BCUT2D eigenvalue weighted by Crippen LogP contribution is -2.37. The molecule has 21 heavy (non-hydrogen) atoms. The van der Waals surface area contributed by atoms with Crippen LogP contribution in [0.25, 0.3) is 0 Å². The molecule has 0 aliphatic carbocycles. The first kappa shape index (κ1) is 14.1. The zero-order chi connectivity index (χ0) is 14.8. The molecule has 114 valence electrons. The van der Waals surface area contributed by atoms with E-state index in [9.17, 15) is 10.1 Å². The molecule has 0 spiro atoms. The zero-order valence-corrected chi connectivity index (χ0v) is 12.3. The van der Waals surface area contributed by atoms with E-state index in [2.05, 4.69) is 20.1 Å². The number of rotatable bonds is 3. The Kier molecular flexibility index (Phi) is 3.92. The molecule has 3 heterocycles. The van der Waals surface area contributed by atoms with Crippen LogP contribution >= 0.6 is 0 Å². The van der Waals surface area contributed by atoms with Crippen molar-refractivity contribution in [2.45, 2.75) is 25.3 Å². The standard InChI is InChI=1S/C14H21N5O2/c1-15-13-8-12(19(20)21)9-14(16-13)18-7-3-6-17-5-2-4-11(17)10-18/h8-9,11H,2-7,10H2,1H3,(H,15,16). The Morgan fingerprint density at radius 3 is 2.90 bits per heavy atom. The summed E-state index contributed by atoms with van der Waals surface area (Å²) in [5, 5.41) is 14.0. The van der Waals surface area contributed by atoms with E-state index in [0.717, 1.165) is 26.1 Å². The Morgan fingerprint density at radius 1 is 1.33 bits per heavy atom. The third-order valence-electron chi connectivity index (χ3n) is 4.39. The van der Waals surface area contributed by atoms with Crippen LogP contribution in [0, 0.1) is 10.1 Å². The van der Waals surface area contributed by atoms with Crippen LogP contribution in [0.2, 0.25) is 0 Å².